The summed E-state index contributed by atoms with van der Waals surface area (Å²) in [5, 5.41) is 0. The van der Waals surface area contributed by atoms with Crippen LogP contribution >= 0.6 is 0 Å². The first-order valence-electron chi connectivity index (χ1n) is 6.38. The highest BCUT2D eigenvalue weighted by Crippen LogP contribution is 2.44. The van der Waals surface area contributed by atoms with Crippen LogP contribution in [0.1, 0.15) is 53.4 Å². The smallest absolute Gasteiger partial charge is 0.0658 e. The molecule has 2 heteroatoms. The normalized spacial score (nSPS) is 35.6. The Morgan fingerprint density at radius 1 is 1.47 bits per heavy atom. The van der Waals surface area contributed by atoms with Gasteiger partial charge in [-0.1, -0.05) is 27.7 Å². The Morgan fingerprint density at radius 3 is 2.60 bits per heavy atom. The van der Waals surface area contributed by atoms with Crippen molar-refractivity contribution in [3.05, 3.63) is 0 Å². The fraction of sp³-hybridized carbons (Fsp3) is 1.00. The molecule has 0 aromatic heterocycles. The standard InChI is InChI=1S/C13H27NO/c1-5-13(4)11(14)9-12(13)15-8-6-7-10(2)3/h10-12H,5-9,14H2,1-4H3. The third-order valence-electron chi connectivity index (χ3n) is 4.06. The summed E-state index contributed by atoms with van der Waals surface area (Å²) < 4.78 is 5.93. The van der Waals surface area contributed by atoms with Crippen molar-refractivity contribution >= 4 is 0 Å². The summed E-state index contributed by atoms with van der Waals surface area (Å²) in [5.41, 5.74) is 6.26. The highest BCUT2D eigenvalue weighted by Gasteiger charge is 2.49. The minimum atomic E-state index is 0.234. The molecule has 3 atom stereocenters. The van der Waals surface area contributed by atoms with E-state index in [1.54, 1.807) is 0 Å². The van der Waals surface area contributed by atoms with Crippen LogP contribution in [0.3, 0.4) is 0 Å². The van der Waals surface area contributed by atoms with Crippen molar-refractivity contribution in [2.45, 2.75) is 65.5 Å². The molecule has 1 saturated carbocycles. The predicted octanol–water partition coefficient (Wildman–Crippen LogP) is 2.96. The van der Waals surface area contributed by atoms with Gasteiger partial charge in [-0.3, -0.25) is 0 Å². The largest absolute Gasteiger partial charge is 0.378 e. The van der Waals surface area contributed by atoms with Crippen LogP contribution in [0.5, 0.6) is 0 Å². The molecule has 0 saturated heterocycles. The third-order valence-corrected chi connectivity index (χ3v) is 4.06. The van der Waals surface area contributed by atoms with Crippen molar-refractivity contribution in [2.24, 2.45) is 17.1 Å². The van der Waals surface area contributed by atoms with E-state index in [1.807, 2.05) is 0 Å². The van der Waals surface area contributed by atoms with E-state index < -0.39 is 0 Å². The summed E-state index contributed by atoms with van der Waals surface area (Å²) in [6.45, 7) is 9.90. The van der Waals surface area contributed by atoms with Crippen LogP contribution in [-0.4, -0.2) is 18.8 Å². The monoisotopic (exact) mass is 213 g/mol. The Bertz CT molecular complexity index is 193. The Labute approximate surface area is 94.6 Å². The van der Waals surface area contributed by atoms with E-state index in [1.165, 1.54) is 12.8 Å². The number of hydrogen-bond donors (Lipinski definition) is 1. The molecule has 2 nitrogen and oxygen atoms in total. The fourth-order valence-corrected chi connectivity index (χ4v) is 2.31. The molecular formula is C13H27NO. The van der Waals surface area contributed by atoms with Crippen molar-refractivity contribution in [3.63, 3.8) is 0 Å². The van der Waals surface area contributed by atoms with Gasteiger partial charge in [0.2, 0.25) is 0 Å². The zero-order chi connectivity index (χ0) is 11.5. The maximum absolute atomic E-state index is 6.03. The maximum Gasteiger partial charge on any atom is 0.0658 e. The summed E-state index contributed by atoms with van der Waals surface area (Å²) in [7, 11) is 0. The minimum absolute atomic E-state index is 0.234. The fourth-order valence-electron chi connectivity index (χ4n) is 2.31. The van der Waals surface area contributed by atoms with Crippen molar-refractivity contribution in [1.82, 2.24) is 0 Å². The van der Waals surface area contributed by atoms with Gasteiger partial charge in [-0.2, -0.15) is 0 Å². The number of rotatable bonds is 6. The average Bonchev–Trinajstić information content (AvgIpc) is 2.20. The molecule has 0 spiro atoms. The van der Waals surface area contributed by atoms with E-state index in [-0.39, 0.29) is 5.41 Å². The summed E-state index contributed by atoms with van der Waals surface area (Å²) in [6.07, 6.45) is 5.03. The molecule has 0 bridgehead atoms. The molecule has 15 heavy (non-hydrogen) atoms. The van der Waals surface area contributed by atoms with Crippen molar-refractivity contribution in [1.29, 1.82) is 0 Å². The van der Waals surface area contributed by atoms with Crippen LogP contribution < -0.4 is 5.73 Å². The molecule has 1 aliphatic carbocycles. The summed E-state index contributed by atoms with van der Waals surface area (Å²) >= 11 is 0. The van der Waals surface area contributed by atoms with Gasteiger partial charge in [0.15, 0.2) is 0 Å². The Morgan fingerprint density at radius 2 is 2.13 bits per heavy atom. The molecular weight excluding hydrogens is 186 g/mol. The van der Waals surface area contributed by atoms with Gasteiger partial charge in [-0.05, 0) is 31.6 Å². The lowest BCUT2D eigenvalue weighted by molar-refractivity contribution is -0.120. The molecule has 90 valence electrons. The molecule has 0 heterocycles. The molecule has 1 fully saturated rings. The maximum atomic E-state index is 6.03. The van der Waals surface area contributed by atoms with Crippen LogP contribution in [0, 0.1) is 11.3 Å². The molecule has 0 aromatic rings. The lowest BCUT2D eigenvalue weighted by Crippen LogP contribution is -2.60. The molecule has 1 aliphatic rings. The highest BCUT2D eigenvalue weighted by atomic mass is 16.5. The number of hydrogen-bond acceptors (Lipinski definition) is 2. The van der Waals surface area contributed by atoms with Gasteiger partial charge >= 0.3 is 0 Å². The SMILES string of the molecule is CCC1(C)C(N)CC1OCCCC(C)C. The summed E-state index contributed by atoms with van der Waals surface area (Å²) in [6, 6.07) is 0.345. The third kappa shape index (κ3) is 2.94. The second kappa shape index (κ2) is 5.31. The van der Waals surface area contributed by atoms with Gasteiger partial charge in [0.1, 0.15) is 0 Å². The topological polar surface area (TPSA) is 35.2 Å². The zero-order valence-electron chi connectivity index (χ0n) is 10.8. The molecule has 2 N–H and O–H groups in total. The summed E-state index contributed by atoms with van der Waals surface area (Å²) in [4.78, 5) is 0. The van der Waals surface area contributed by atoms with Crippen molar-refractivity contribution in [2.75, 3.05) is 6.61 Å². The first kappa shape index (κ1) is 13.0. The van der Waals surface area contributed by atoms with Crippen LogP contribution in [0.2, 0.25) is 0 Å². The highest BCUT2D eigenvalue weighted by molar-refractivity contribution is 5.02. The second-order valence-corrected chi connectivity index (χ2v) is 5.60. The second-order valence-electron chi connectivity index (χ2n) is 5.60. The average molecular weight is 213 g/mol. The number of ether oxygens (including phenoxy) is 1. The molecule has 0 radical (unpaired) electrons. The zero-order valence-corrected chi connectivity index (χ0v) is 10.8. The van der Waals surface area contributed by atoms with Gasteiger partial charge in [-0.15, -0.1) is 0 Å². The van der Waals surface area contributed by atoms with E-state index in [4.69, 9.17) is 10.5 Å². The molecule has 0 amide bonds. The molecule has 1 rings (SSSR count). The summed E-state index contributed by atoms with van der Waals surface area (Å²) in [5.74, 6) is 0.787. The van der Waals surface area contributed by atoms with Crippen molar-refractivity contribution in [3.8, 4) is 0 Å². The lowest BCUT2D eigenvalue weighted by atomic mass is 9.62. The molecule has 3 unspecified atom stereocenters. The van der Waals surface area contributed by atoms with Gasteiger partial charge in [0.05, 0.1) is 6.10 Å². The van der Waals surface area contributed by atoms with Crippen molar-refractivity contribution < 1.29 is 4.74 Å². The van der Waals surface area contributed by atoms with Crippen LogP contribution in [0.15, 0.2) is 0 Å². The number of nitrogens with two attached hydrogens (primary N) is 1. The van der Waals surface area contributed by atoms with E-state index in [0.717, 1.165) is 25.4 Å². The van der Waals surface area contributed by atoms with Gasteiger partial charge in [0, 0.05) is 18.1 Å². The Kier molecular flexibility index (Phi) is 4.60. The first-order valence-corrected chi connectivity index (χ1v) is 6.38. The lowest BCUT2D eigenvalue weighted by Gasteiger charge is -2.51. The van der Waals surface area contributed by atoms with Crippen LogP contribution in [0.25, 0.3) is 0 Å². The molecule has 0 aromatic carbocycles. The van der Waals surface area contributed by atoms with Crippen LogP contribution in [0.4, 0.5) is 0 Å². The van der Waals surface area contributed by atoms with E-state index in [2.05, 4.69) is 27.7 Å². The quantitative estimate of drug-likeness (QED) is 0.688. The first-order chi connectivity index (χ1) is 7.00. The van der Waals surface area contributed by atoms with Gasteiger partial charge in [-0.25, -0.2) is 0 Å². The van der Waals surface area contributed by atoms with Gasteiger partial charge < -0.3 is 10.5 Å². The Balaban J connectivity index is 2.18. The van der Waals surface area contributed by atoms with Gasteiger partial charge in [0.25, 0.3) is 0 Å². The predicted molar refractivity (Wildman–Crippen MR) is 64.8 cm³/mol. The van der Waals surface area contributed by atoms with Crippen LogP contribution in [-0.2, 0) is 4.74 Å². The van der Waals surface area contributed by atoms with E-state index >= 15 is 0 Å². The van der Waals surface area contributed by atoms with E-state index in [9.17, 15) is 0 Å². The van der Waals surface area contributed by atoms with E-state index in [0.29, 0.717) is 12.1 Å². The minimum Gasteiger partial charge on any atom is -0.378 e. The molecule has 0 aliphatic heterocycles. The Hall–Kier alpha value is -0.0800.